The molecule has 0 saturated carbocycles. The van der Waals surface area contributed by atoms with Gasteiger partial charge in [-0.3, -0.25) is 0 Å². The van der Waals surface area contributed by atoms with Crippen molar-refractivity contribution in [2.75, 3.05) is 0 Å². The first kappa shape index (κ1) is 20.1. The lowest BCUT2D eigenvalue weighted by molar-refractivity contribution is 0.438. The third-order valence-electron chi connectivity index (χ3n) is 5.17. The molecular weight excluding hydrogens is 280 g/mol. The zero-order valence-electron chi connectivity index (χ0n) is 15.9. The molecule has 1 aromatic carbocycles. The quantitative estimate of drug-likeness (QED) is 0.444. The molecule has 0 aliphatic carbocycles. The molecule has 2 unspecified atom stereocenters. The molecule has 1 N–H and O–H groups in total. The molecule has 23 heavy (non-hydrogen) atoms. The van der Waals surface area contributed by atoms with E-state index in [4.69, 9.17) is 0 Å². The van der Waals surface area contributed by atoms with Crippen LogP contribution in [-0.2, 0) is 12.8 Å². The van der Waals surface area contributed by atoms with Crippen LogP contribution in [0.4, 0.5) is 0 Å². The lowest BCUT2D eigenvalue weighted by atomic mass is 9.88. The van der Waals surface area contributed by atoms with Gasteiger partial charge < -0.3 is 5.11 Å². The summed E-state index contributed by atoms with van der Waals surface area (Å²) in [6, 6.07) is 6.30. The van der Waals surface area contributed by atoms with E-state index in [1.807, 2.05) is 12.1 Å². The van der Waals surface area contributed by atoms with E-state index in [2.05, 4.69) is 33.8 Å². The first-order valence-electron chi connectivity index (χ1n) is 9.94. The zero-order chi connectivity index (χ0) is 17.1. The van der Waals surface area contributed by atoms with Gasteiger partial charge in [-0.15, -0.1) is 0 Å². The third-order valence-corrected chi connectivity index (χ3v) is 5.17. The number of unbranched alkanes of at least 4 members (excludes halogenated alkanes) is 2. The summed E-state index contributed by atoms with van der Waals surface area (Å²) < 4.78 is 0. The molecule has 1 heteroatoms. The van der Waals surface area contributed by atoms with E-state index in [1.54, 1.807) is 0 Å². The molecule has 1 nitrogen and oxygen atoms in total. The highest BCUT2D eigenvalue weighted by molar-refractivity contribution is 5.34. The Morgan fingerprint density at radius 3 is 1.52 bits per heavy atom. The minimum atomic E-state index is 0.452. The van der Waals surface area contributed by atoms with E-state index in [0.717, 1.165) is 24.7 Å². The summed E-state index contributed by atoms with van der Waals surface area (Å²) in [6.07, 6.45) is 12.5. The summed E-state index contributed by atoms with van der Waals surface area (Å²) in [5, 5.41) is 10.1. The number of rotatable bonds is 12. The van der Waals surface area contributed by atoms with Crippen LogP contribution in [0, 0.1) is 11.8 Å². The lowest BCUT2D eigenvalue weighted by Crippen LogP contribution is -2.06. The monoisotopic (exact) mass is 318 g/mol. The molecule has 0 heterocycles. The summed E-state index contributed by atoms with van der Waals surface area (Å²) in [7, 11) is 0. The largest absolute Gasteiger partial charge is 0.508 e. The van der Waals surface area contributed by atoms with E-state index in [9.17, 15) is 5.11 Å². The number of phenols is 1. The average Bonchev–Trinajstić information content (AvgIpc) is 2.54. The Morgan fingerprint density at radius 1 is 0.739 bits per heavy atom. The second-order valence-electron chi connectivity index (χ2n) is 7.25. The molecule has 0 aliphatic heterocycles. The van der Waals surface area contributed by atoms with Crippen molar-refractivity contribution in [3.05, 3.63) is 29.3 Å². The Bertz CT molecular complexity index is 388. The van der Waals surface area contributed by atoms with Gasteiger partial charge in [-0.05, 0) is 47.9 Å². The lowest BCUT2D eigenvalue weighted by Gasteiger charge is -2.18. The Kier molecular flexibility index (Phi) is 10.1. The molecule has 0 radical (unpaired) electrons. The highest BCUT2D eigenvalue weighted by Gasteiger charge is 2.12. The first-order chi connectivity index (χ1) is 11.1. The maximum absolute atomic E-state index is 10.1. The SMILES string of the molecule is CCCCC(CC)Cc1cc(O)cc(CC(CC)CCCC)c1. The minimum Gasteiger partial charge on any atom is -0.508 e. The number of benzene rings is 1. The minimum absolute atomic E-state index is 0.452. The van der Waals surface area contributed by atoms with Gasteiger partial charge in [-0.1, -0.05) is 85.1 Å². The van der Waals surface area contributed by atoms with Crippen LogP contribution in [0.5, 0.6) is 5.75 Å². The van der Waals surface area contributed by atoms with Gasteiger partial charge in [0.05, 0.1) is 0 Å². The summed E-state index contributed by atoms with van der Waals surface area (Å²) in [5.74, 6) is 1.96. The van der Waals surface area contributed by atoms with Crippen LogP contribution in [0.2, 0.25) is 0 Å². The zero-order valence-corrected chi connectivity index (χ0v) is 15.9. The maximum atomic E-state index is 10.1. The fourth-order valence-corrected chi connectivity index (χ4v) is 3.53. The number of hydrogen-bond acceptors (Lipinski definition) is 1. The Morgan fingerprint density at radius 2 is 1.17 bits per heavy atom. The Labute approximate surface area is 144 Å². The second-order valence-corrected chi connectivity index (χ2v) is 7.25. The molecular formula is C22H38O. The van der Waals surface area contributed by atoms with Crippen molar-refractivity contribution in [2.45, 2.75) is 91.9 Å². The molecule has 0 aromatic heterocycles. The van der Waals surface area contributed by atoms with Crippen LogP contribution >= 0.6 is 0 Å². The van der Waals surface area contributed by atoms with Gasteiger partial charge in [0, 0.05) is 0 Å². The third kappa shape index (κ3) is 7.90. The topological polar surface area (TPSA) is 20.2 Å². The smallest absolute Gasteiger partial charge is 0.116 e. The van der Waals surface area contributed by atoms with Gasteiger partial charge >= 0.3 is 0 Å². The molecule has 0 aliphatic rings. The first-order valence-corrected chi connectivity index (χ1v) is 9.94. The Hall–Kier alpha value is -0.980. The van der Waals surface area contributed by atoms with Crippen LogP contribution in [0.15, 0.2) is 18.2 Å². The van der Waals surface area contributed by atoms with Crippen molar-refractivity contribution in [3.8, 4) is 5.75 Å². The van der Waals surface area contributed by atoms with Crippen molar-refractivity contribution in [1.29, 1.82) is 0 Å². The van der Waals surface area contributed by atoms with Gasteiger partial charge in [0.15, 0.2) is 0 Å². The fraction of sp³-hybridized carbons (Fsp3) is 0.727. The molecule has 1 rings (SSSR count). The molecule has 1 aromatic rings. The van der Waals surface area contributed by atoms with Gasteiger partial charge in [-0.2, -0.15) is 0 Å². The van der Waals surface area contributed by atoms with E-state index in [-0.39, 0.29) is 0 Å². The van der Waals surface area contributed by atoms with Crippen molar-refractivity contribution < 1.29 is 5.11 Å². The maximum Gasteiger partial charge on any atom is 0.116 e. The second kappa shape index (κ2) is 11.5. The molecule has 132 valence electrons. The fourth-order valence-electron chi connectivity index (χ4n) is 3.53. The van der Waals surface area contributed by atoms with Crippen molar-refractivity contribution >= 4 is 0 Å². The average molecular weight is 319 g/mol. The highest BCUT2D eigenvalue weighted by atomic mass is 16.3. The predicted molar refractivity (Wildman–Crippen MR) is 102 cm³/mol. The molecule has 2 atom stereocenters. The normalized spacial score (nSPS) is 13.9. The van der Waals surface area contributed by atoms with E-state index in [1.165, 1.54) is 62.5 Å². The summed E-state index contributed by atoms with van der Waals surface area (Å²) in [5.41, 5.74) is 2.65. The van der Waals surface area contributed by atoms with Crippen LogP contribution in [0.3, 0.4) is 0 Å². The molecule has 0 fully saturated rings. The van der Waals surface area contributed by atoms with E-state index in [0.29, 0.717) is 5.75 Å². The van der Waals surface area contributed by atoms with Crippen molar-refractivity contribution in [2.24, 2.45) is 11.8 Å². The van der Waals surface area contributed by atoms with Crippen LogP contribution in [-0.4, -0.2) is 5.11 Å². The standard InChI is InChI=1S/C22H38O/c1-5-9-11-18(7-3)13-20-15-21(17-22(23)16-20)14-19(8-4)12-10-6-2/h15-19,23H,5-14H2,1-4H3. The molecule has 0 bridgehead atoms. The molecule has 0 spiro atoms. The van der Waals surface area contributed by atoms with Crippen LogP contribution < -0.4 is 0 Å². The predicted octanol–water partition coefficient (Wildman–Crippen LogP) is 6.91. The highest BCUT2D eigenvalue weighted by Crippen LogP contribution is 2.26. The van der Waals surface area contributed by atoms with Gasteiger partial charge in [0.1, 0.15) is 5.75 Å². The Balaban J connectivity index is 2.73. The summed E-state index contributed by atoms with van der Waals surface area (Å²) in [6.45, 7) is 9.12. The summed E-state index contributed by atoms with van der Waals surface area (Å²) >= 11 is 0. The molecule has 0 amide bonds. The van der Waals surface area contributed by atoms with Gasteiger partial charge in [0.25, 0.3) is 0 Å². The number of aromatic hydroxyl groups is 1. The number of hydrogen-bond donors (Lipinski definition) is 1. The van der Waals surface area contributed by atoms with E-state index < -0.39 is 0 Å². The van der Waals surface area contributed by atoms with Crippen LogP contribution in [0.1, 0.15) is 90.2 Å². The van der Waals surface area contributed by atoms with Gasteiger partial charge in [-0.25, -0.2) is 0 Å². The van der Waals surface area contributed by atoms with Crippen LogP contribution in [0.25, 0.3) is 0 Å². The number of phenolic OH excluding ortho intramolecular Hbond substituents is 1. The molecule has 0 saturated heterocycles. The van der Waals surface area contributed by atoms with Crippen molar-refractivity contribution in [1.82, 2.24) is 0 Å². The van der Waals surface area contributed by atoms with Crippen molar-refractivity contribution in [3.63, 3.8) is 0 Å². The summed E-state index contributed by atoms with van der Waals surface area (Å²) in [4.78, 5) is 0. The van der Waals surface area contributed by atoms with E-state index >= 15 is 0 Å². The van der Waals surface area contributed by atoms with Gasteiger partial charge in [0.2, 0.25) is 0 Å².